The summed E-state index contributed by atoms with van der Waals surface area (Å²) in [5, 5.41) is 16.7. The highest BCUT2D eigenvalue weighted by Gasteiger charge is 2.26. The van der Waals surface area contributed by atoms with E-state index >= 15 is 0 Å². The van der Waals surface area contributed by atoms with Gasteiger partial charge in [0.25, 0.3) is 0 Å². The number of aliphatic carboxylic acids is 1. The number of carbonyl (C=O) groups excluding carboxylic acids is 1. The molecule has 0 radical (unpaired) electrons. The van der Waals surface area contributed by atoms with E-state index in [0.717, 1.165) is 25.7 Å². The number of ether oxygens (including phenoxy) is 1. The van der Waals surface area contributed by atoms with Gasteiger partial charge in [0.2, 0.25) is 0 Å². The Balaban J connectivity index is -0.000000165. The van der Waals surface area contributed by atoms with Crippen molar-refractivity contribution in [3.05, 3.63) is 0 Å². The SMILES string of the molecule is CC(C)(N)C(=O)O.CCC(CC)CO.CCC(CC)COC(=O)C(C)(C)Cl.N. The number of aliphatic hydroxyl groups is 1. The molecular weight excluding hydrogens is 384 g/mol. The number of hydrogen-bond acceptors (Lipinski definition) is 6. The lowest BCUT2D eigenvalue weighted by atomic mass is 10.1. The van der Waals surface area contributed by atoms with Crippen molar-refractivity contribution in [3.63, 3.8) is 0 Å². The molecule has 8 heteroatoms. The molecule has 172 valence electrons. The molecule has 0 spiro atoms. The highest BCUT2D eigenvalue weighted by molar-refractivity contribution is 6.33. The number of nitrogens with two attached hydrogens (primary N) is 1. The summed E-state index contributed by atoms with van der Waals surface area (Å²) in [4.78, 5) is 20.2. The summed E-state index contributed by atoms with van der Waals surface area (Å²) in [5.41, 5.74) is 4.00. The lowest BCUT2D eigenvalue weighted by Crippen LogP contribution is -2.41. The van der Waals surface area contributed by atoms with Gasteiger partial charge in [-0.25, -0.2) is 0 Å². The molecule has 0 unspecified atom stereocenters. The maximum absolute atomic E-state index is 11.2. The molecule has 0 rings (SSSR count). The number of halogens is 1. The standard InChI is InChI=1S/C10H19ClO2.C6H14O.C4H9NO2.H3N/c1-5-8(6-2)7-13-9(12)10(3,4)11;1-3-6(4-2)5-7;1-4(2,5)3(6)7;/h8H,5-7H2,1-4H3;6-7H,3-5H2,1-2H3;5H2,1-2H3,(H,6,7);1H3. The van der Waals surface area contributed by atoms with E-state index in [1.165, 1.54) is 13.8 Å². The molecule has 0 aromatic rings. The van der Waals surface area contributed by atoms with Crippen molar-refractivity contribution in [3.8, 4) is 0 Å². The van der Waals surface area contributed by atoms with Gasteiger partial charge in [-0.3, -0.25) is 9.59 Å². The molecular formula is C20H45ClN2O5. The van der Waals surface area contributed by atoms with Crippen molar-refractivity contribution < 1.29 is 24.5 Å². The molecule has 0 aliphatic rings. The van der Waals surface area contributed by atoms with Gasteiger partial charge in [0.05, 0.1) is 6.61 Å². The molecule has 0 aliphatic carbocycles. The maximum atomic E-state index is 11.2. The number of carbonyl (C=O) groups is 2. The van der Waals surface area contributed by atoms with Crippen LogP contribution in [0, 0.1) is 11.8 Å². The van der Waals surface area contributed by atoms with Crippen molar-refractivity contribution in [2.45, 2.75) is 91.5 Å². The van der Waals surface area contributed by atoms with E-state index in [0.29, 0.717) is 25.0 Å². The van der Waals surface area contributed by atoms with Crippen LogP contribution in [0.1, 0.15) is 81.1 Å². The number of esters is 1. The van der Waals surface area contributed by atoms with Crippen LogP contribution in [-0.2, 0) is 14.3 Å². The minimum Gasteiger partial charge on any atom is -0.480 e. The second-order valence-corrected chi connectivity index (χ2v) is 8.59. The van der Waals surface area contributed by atoms with Crippen molar-refractivity contribution >= 4 is 23.5 Å². The summed E-state index contributed by atoms with van der Waals surface area (Å²) in [7, 11) is 0. The molecule has 0 heterocycles. The van der Waals surface area contributed by atoms with Gasteiger partial charge in [0.1, 0.15) is 10.4 Å². The highest BCUT2D eigenvalue weighted by Crippen LogP contribution is 2.16. The number of aliphatic hydroxyl groups excluding tert-OH is 1. The summed E-state index contributed by atoms with van der Waals surface area (Å²) >= 11 is 5.78. The Bertz CT molecular complexity index is 380. The average molecular weight is 429 g/mol. The first kappa shape index (κ1) is 34.6. The van der Waals surface area contributed by atoms with Gasteiger partial charge in [0.15, 0.2) is 0 Å². The van der Waals surface area contributed by atoms with Crippen LogP contribution in [0.5, 0.6) is 0 Å². The number of carboxylic acids is 1. The van der Waals surface area contributed by atoms with Gasteiger partial charge < -0.3 is 26.8 Å². The zero-order valence-corrected chi connectivity index (χ0v) is 19.9. The molecule has 0 atom stereocenters. The van der Waals surface area contributed by atoms with E-state index in [2.05, 4.69) is 27.7 Å². The molecule has 0 amide bonds. The Hall–Kier alpha value is -0.890. The van der Waals surface area contributed by atoms with E-state index in [1.54, 1.807) is 13.8 Å². The quantitative estimate of drug-likeness (QED) is 0.315. The Morgan fingerprint density at radius 2 is 1.29 bits per heavy atom. The van der Waals surface area contributed by atoms with Crippen LogP contribution in [0.25, 0.3) is 0 Å². The zero-order chi connectivity index (χ0) is 22.3. The molecule has 0 fully saturated rings. The van der Waals surface area contributed by atoms with Crippen LogP contribution in [0.2, 0.25) is 0 Å². The first-order valence-corrected chi connectivity index (χ1v) is 10.1. The number of rotatable bonds is 9. The lowest BCUT2D eigenvalue weighted by Gasteiger charge is -2.17. The first-order valence-electron chi connectivity index (χ1n) is 9.70. The van der Waals surface area contributed by atoms with Crippen molar-refractivity contribution in [2.75, 3.05) is 13.2 Å². The molecule has 0 bridgehead atoms. The maximum Gasteiger partial charge on any atom is 0.326 e. The number of hydrogen-bond donors (Lipinski definition) is 4. The predicted octanol–water partition coefficient (Wildman–Crippen LogP) is 4.37. The van der Waals surface area contributed by atoms with E-state index in [9.17, 15) is 9.59 Å². The van der Waals surface area contributed by atoms with E-state index < -0.39 is 16.4 Å². The van der Waals surface area contributed by atoms with Crippen LogP contribution < -0.4 is 11.9 Å². The van der Waals surface area contributed by atoms with Gasteiger partial charge in [-0.05, 0) is 39.5 Å². The molecule has 0 saturated heterocycles. The number of alkyl halides is 1. The Morgan fingerprint density at radius 3 is 1.43 bits per heavy atom. The minimum atomic E-state index is -1.08. The van der Waals surface area contributed by atoms with Crippen molar-refractivity contribution in [1.82, 2.24) is 6.15 Å². The normalized spacial score (nSPS) is 10.9. The summed E-state index contributed by atoms with van der Waals surface area (Å²) in [6.45, 7) is 15.4. The number of carboxylic acid groups (broad SMARTS) is 1. The van der Waals surface area contributed by atoms with Crippen LogP contribution in [0.4, 0.5) is 0 Å². The largest absolute Gasteiger partial charge is 0.480 e. The average Bonchev–Trinajstić information content (AvgIpc) is 2.56. The predicted molar refractivity (Wildman–Crippen MR) is 117 cm³/mol. The van der Waals surface area contributed by atoms with Gasteiger partial charge in [-0.2, -0.15) is 0 Å². The van der Waals surface area contributed by atoms with Crippen LogP contribution >= 0.6 is 11.6 Å². The summed E-state index contributed by atoms with van der Waals surface area (Å²) in [6, 6.07) is 0. The molecule has 0 aliphatic heterocycles. The smallest absolute Gasteiger partial charge is 0.326 e. The van der Waals surface area contributed by atoms with E-state index in [-0.39, 0.29) is 12.1 Å². The van der Waals surface area contributed by atoms with Gasteiger partial charge >= 0.3 is 11.9 Å². The first-order chi connectivity index (χ1) is 12.2. The van der Waals surface area contributed by atoms with E-state index in [4.69, 9.17) is 32.3 Å². The Morgan fingerprint density at radius 1 is 0.964 bits per heavy atom. The fraction of sp³-hybridized carbons (Fsp3) is 0.900. The van der Waals surface area contributed by atoms with Gasteiger partial charge in [0, 0.05) is 6.61 Å². The molecule has 0 saturated carbocycles. The zero-order valence-electron chi connectivity index (χ0n) is 19.2. The minimum absolute atomic E-state index is 0. The van der Waals surface area contributed by atoms with E-state index in [1.807, 2.05) is 0 Å². The molecule has 0 aromatic carbocycles. The third kappa shape index (κ3) is 21.4. The second-order valence-electron chi connectivity index (χ2n) is 7.65. The Labute approximate surface area is 176 Å². The van der Waals surface area contributed by atoms with Crippen molar-refractivity contribution in [2.24, 2.45) is 17.6 Å². The van der Waals surface area contributed by atoms with Gasteiger partial charge in [-0.15, -0.1) is 11.6 Å². The molecule has 7 N–H and O–H groups in total. The second kappa shape index (κ2) is 18.2. The molecule has 7 nitrogen and oxygen atoms in total. The third-order valence-electron chi connectivity index (χ3n) is 4.05. The summed E-state index contributed by atoms with van der Waals surface area (Å²) in [6.07, 6.45) is 4.28. The van der Waals surface area contributed by atoms with Crippen LogP contribution in [0.3, 0.4) is 0 Å². The third-order valence-corrected chi connectivity index (χ3v) is 4.21. The van der Waals surface area contributed by atoms with Gasteiger partial charge in [-0.1, -0.05) is 53.4 Å². The lowest BCUT2D eigenvalue weighted by molar-refractivity contribution is -0.147. The van der Waals surface area contributed by atoms with Crippen LogP contribution in [0.15, 0.2) is 0 Å². The van der Waals surface area contributed by atoms with Crippen LogP contribution in [-0.4, -0.2) is 45.8 Å². The Kier molecular flexibility index (Phi) is 22.4. The molecule has 28 heavy (non-hydrogen) atoms. The summed E-state index contributed by atoms with van der Waals surface area (Å²) in [5.74, 6) is -0.309. The topological polar surface area (TPSA) is 145 Å². The molecule has 0 aromatic heterocycles. The fourth-order valence-corrected chi connectivity index (χ4v) is 1.49. The monoisotopic (exact) mass is 428 g/mol. The highest BCUT2D eigenvalue weighted by atomic mass is 35.5. The summed E-state index contributed by atoms with van der Waals surface area (Å²) < 4.78 is 5.08. The van der Waals surface area contributed by atoms with Crippen molar-refractivity contribution in [1.29, 1.82) is 0 Å². The fourth-order valence-electron chi connectivity index (χ4n) is 1.44.